The third kappa shape index (κ3) is 2.02. The Hall–Kier alpha value is -2.14. The SMILES string of the molecule is O=C(c1ccc(Br)cc1O)c1cnc2ccccn12. The van der Waals surface area contributed by atoms with Crippen LogP contribution in [0.25, 0.3) is 5.65 Å². The summed E-state index contributed by atoms with van der Waals surface area (Å²) in [6.45, 7) is 0. The number of nitrogens with zero attached hydrogens (tertiary/aromatic N) is 2. The van der Waals surface area contributed by atoms with Crippen LogP contribution in [0.1, 0.15) is 16.1 Å². The fourth-order valence-electron chi connectivity index (χ4n) is 1.94. The number of imidazole rings is 1. The summed E-state index contributed by atoms with van der Waals surface area (Å²) >= 11 is 3.25. The van der Waals surface area contributed by atoms with E-state index in [4.69, 9.17) is 0 Å². The van der Waals surface area contributed by atoms with Crippen molar-refractivity contribution in [2.24, 2.45) is 0 Å². The van der Waals surface area contributed by atoms with E-state index in [1.54, 1.807) is 22.7 Å². The number of fused-ring (bicyclic) bond motifs is 1. The Kier molecular flexibility index (Phi) is 2.83. The quantitative estimate of drug-likeness (QED) is 0.739. The maximum absolute atomic E-state index is 12.4. The Morgan fingerprint density at radius 3 is 2.89 bits per heavy atom. The van der Waals surface area contributed by atoms with E-state index in [1.165, 1.54) is 12.3 Å². The fraction of sp³-hybridized carbons (Fsp3) is 0. The zero-order chi connectivity index (χ0) is 13.4. The molecule has 2 heterocycles. The maximum Gasteiger partial charge on any atom is 0.215 e. The average Bonchev–Trinajstić information content (AvgIpc) is 2.82. The molecule has 2 aromatic heterocycles. The largest absolute Gasteiger partial charge is 0.507 e. The highest BCUT2D eigenvalue weighted by Crippen LogP contribution is 2.24. The molecule has 5 heteroatoms. The fourth-order valence-corrected chi connectivity index (χ4v) is 2.28. The van der Waals surface area contributed by atoms with Gasteiger partial charge in [0, 0.05) is 10.7 Å². The molecular weight excluding hydrogens is 308 g/mol. The van der Waals surface area contributed by atoms with Gasteiger partial charge in [-0.05, 0) is 30.3 Å². The van der Waals surface area contributed by atoms with Crippen molar-refractivity contribution in [3.8, 4) is 5.75 Å². The molecule has 94 valence electrons. The van der Waals surface area contributed by atoms with Crippen LogP contribution < -0.4 is 0 Å². The third-order valence-corrected chi connectivity index (χ3v) is 3.35. The second-order valence-corrected chi connectivity index (χ2v) is 4.98. The molecule has 3 aromatic rings. The number of benzene rings is 1. The van der Waals surface area contributed by atoms with E-state index in [2.05, 4.69) is 20.9 Å². The van der Waals surface area contributed by atoms with E-state index in [0.29, 0.717) is 11.3 Å². The molecule has 0 saturated heterocycles. The molecule has 4 nitrogen and oxygen atoms in total. The first kappa shape index (κ1) is 11.9. The smallest absolute Gasteiger partial charge is 0.215 e. The zero-order valence-corrected chi connectivity index (χ0v) is 11.3. The minimum atomic E-state index is -0.260. The Morgan fingerprint density at radius 1 is 1.26 bits per heavy atom. The summed E-state index contributed by atoms with van der Waals surface area (Å²) < 4.78 is 2.42. The van der Waals surface area contributed by atoms with Gasteiger partial charge in [0.2, 0.25) is 5.78 Å². The topological polar surface area (TPSA) is 54.6 Å². The minimum Gasteiger partial charge on any atom is -0.507 e. The van der Waals surface area contributed by atoms with Gasteiger partial charge in [-0.2, -0.15) is 0 Å². The molecule has 0 aliphatic rings. The van der Waals surface area contributed by atoms with E-state index in [9.17, 15) is 9.90 Å². The van der Waals surface area contributed by atoms with Gasteiger partial charge in [0.1, 0.15) is 17.1 Å². The molecule has 1 N–H and O–H groups in total. The van der Waals surface area contributed by atoms with Crippen molar-refractivity contribution in [3.05, 3.63) is 64.5 Å². The first-order chi connectivity index (χ1) is 9.16. The molecule has 1 aromatic carbocycles. The van der Waals surface area contributed by atoms with E-state index >= 15 is 0 Å². The summed E-state index contributed by atoms with van der Waals surface area (Å²) in [6, 6.07) is 10.3. The molecule has 0 unspecified atom stereocenters. The molecular formula is C14H9BrN2O2. The van der Waals surface area contributed by atoms with E-state index in [1.807, 2.05) is 18.2 Å². The number of aromatic hydroxyl groups is 1. The van der Waals surface area contributed by atoms with Gasteiger partial charge in [0.25, 0.3) is 0 Å². The number of phenols is 1. The number of hydrogen-bond acceptors (Lipinski definition) is 3. The number of carbonyl (C=O) groups is 1. The third-order valence-electron chi connectivity index (χ3n) is 2.85. The lowest BCUT2D eigenvalue weighted by Gasteiger charge is -2.04. The minimum absolute atomic E-state index is 0.0507. The predicted molar refractivity (Wildman–Crippen MR) is 74.4 cm³/mol. The Balaban J connectivity index is 2.13. The Bertz CT molecular complexity index is 780. The van der Waals surface area contributed by atoms with Gasteiger partial charge >= 0.3 is 0 Å². The number of carbonyl (C=O) groups excluding carboxylic acids is 1. The number of phenolic OH excluding ortho intramolecular Hbond substituents is 1. The molecule has 0 saturated carbocycles. The number of aromatic nitrogens is 2. The number of rotatable bonds is 2. The van der Waals surface area contributed by atoms with Crippen LogP contribution in [-0.2, 0) is 0 Å². The maximum atomic E-state index is 12.4. The molecule has 0 radical (unpaired) electrons. The van der Waals surface area contributed by atoms with Crippen molar-refractivity contribution < 1.29 is 9.90 Å². The summed E-state index contributed by atoms with van der Waals surface area (Å²) in [4.78, 5) is 16.6. The summed E-state index contributed by atoms with van der Waals surface area (Å²) in [6.07, 6.45) is 3.28. The summed E-state index contributed by atoms with van der Waals surface area (Å²) in [5.74, 6) is -0.311. The lowest BCUT2D eigenvalue weighted by Crippen LogP contribution is -2.05. The van der Waals surface area contributed by atoms with Crippen molar-refractivity contribution in [1.82, 2.24) is 9.38 Å². The monoisotopic (exact) mass is 316 g/mol. The van der Waals surface area contributed by atoms with Gasteiger partial charge in [0.15, 0.2) is 0 Å². The summed E-state index contributed by atoms with van der Waals surface area (Å²) in [5, 5.41) is 9.85. The van der Waals surface area contributed by atoms with Gasteiger partial charge in [-0.15, -0.1) is 0 Å². The molecule has 19 heavy (non-hydrogen) atoms. The normalized spacial score (nSPS) is 10.8. The number of ketones is 1. The predicted octanol–water partition coefficient (Wildman–Crippen LogP) is 3.03. The number of pyridine rings is 1. The van der Waals surface area contributed by atoms with Gasteiger partial charge in [-0.1, -0.05) is 22.0 Å². The molecule has 0 atom stereocenters. The highest BCUT2D eigenvalue weighted by Gasteiger charge is 2.17. The molecule has 0 bridgehead atoms. The van der Waals surface area contributed by atoms with Crippen LogP contribution in [0.4, 0.5) is 0 Å². The first-order valence-electron chi connectivity index (χ1n) is 5.62. The summed E-state index contributed by atoms with van der Waals surface area (Å²) in [5.41, 5.74) is 1.38. The van der Waals surface area contributed by atoms with Crippen LogP contribution in [0.3, 0.4) is 0 Å². The van der Waals surface area contributed by atoms with Crippen LogP contribution in [0, 0.1) is 0 Å². The van der Waals surface area contributed by atoms with Crippen molar-refractivity contribution >= 4 is 27.4 Å². The van der Waals surface area contributed by atoms with Crippen LogP contribution in [-0.4, -0.2) is 20.3 Å². The molecule has 0 aliphatic heterocycles. The van der Waals surface area contributed by atoms with E-state index in [-0.39, 0.29) is 17.1 Å². The number of hydrogen-bond donors (Lipinski definition) is 1. The average molecular weight is 317 g/mol. The molecule has 3 rings (SSSR count). The zero-order valence-electron chi connectivity index (χ0n) is 9.75. The highest BCUT2D eigenvalue weighted by atomic mass is 79.9. The molecule has 0 amide bonds. The second kappa shape index (κ2) is 4.51. The van der Waals surface area contributed by atoms with Crippen LogP contribution in [0.15, 0.2) is 53.3 Å². The highest BCUT2D eigenvalue weighted by molar-refractivity contribution is 9.10. The molecule has 0 fully saturated rings. The van der Waals surface area contributed by atoms with Crippen LogP contribution >= 0.6 is 15.9 Å². The Labute approximate surface area is 117 Å². The van der Waals surface area contributed by atoms with Gasteiger partial charge in [0.05, 0.1) is 11.8 Å². The van der Waals surface area contributed by atoms with Crippen LogP contribution in [0.2, 0.25) is 0 Å². The van der Waals surface area contributed by atoms with E-state index < -0.39 is 0 Å². The second-order valence-electron chi connectivity index (χ2n) is 4.06. The van der Waals surface area contributed by atoms with Crippen molar-refractivity contribution in [1.29, 1.82) is 0 Å². The van der Waals surface area contributed by atoms with Gasteiger partial charge in [-0.3, -0.25) is 9.20 Å². The standard InChI is InChI=1S/C14H9BrN2O2/c15-9-4-5-10(12(18)7-9)14(19)11-8-16-13-3-1-2-6-17(11)13/h1-8,18H. The van der Waals surface area contributed by atoms with Crippen molar-refractivity contribution in [2.45, 2.75) is 0 Å². The van der Waals surface area contributed by atoms with Gasteiger partial charge in [-0.25, -0.2) is 4.98 Å². The van der Waals surface area contributed by atoms with Crippen LogP contribution in [0.5, 0.6) is 5.75 Å². The first-order valence-corrected chi connectivity index (χ1v) is 6.41. The van der Waals surface area contributed by atoms with Crippen molar-refractivity contribution in [3.63, 3.8) is 0 Å². The van der Waals surface area contributed by atoms with E-state index in [0.717, 1.165) is 4.47 Å². The summed E-state index contributed by atoms with van der Waals surface area (Å²) in [7, 11) is 0. The lowest BCUT2D eigenvalue weighted by atomic mass is 10.1. The van der Waals surface area contributed by atoms with Gasteiger partial charge < -0.3 is 5.11 Å². The molecule has 0 spiro atoms. The molecule has 0 aliphatic carbocycles. The Morgan fingerprint density at radius 2 is 2.11 bits per heavy atom. The van der Waals surface area contributed by atoms with Crippen molar-refractivity contribution in [2.75, 3.05) is 0 Å². The lowest BCUT2D eigenvalue weighted by molar-refractivity contribution is 0.103. The number of halogens is 1.